The zero-order valence-corrected chi connectivity index (χ0v) is 31.5. The molecule has 4 fully saturated rings. The first-order valence-electron chi connectivity index (χ1n) is 18.8. The number of nitrogens with one attached hydrogen (secondary N) is 1. The van der Waals surface area contributed by atoms with Gasteiger partial charge in [-0.2, -0.15) is 0 Å². The monoisotopic (exact) mass is 736 g/mol. The third kappa shape index (κ3) is 8.26. The van der Waals surface area contributed by atoms with Gasteiger partial charge in [0.25, 0.3) is 0 Å². The largest absolute Gasteiger partial charge is 0.480 e. The molecule has 0 heterocycles. The number of halogens is 2. The Kier molecular flexibility index (Phi) is 13.1. The fraction of sp³-hybridized carbons (Fsp3) is 0.769. The van der Waals surface area contributed by atoms with Crippen molar-refractivity contribution in [2.24, 2.45) is 46.3 Å². The van der Waals surface area contributed by atoms with E-state index in [0.29, 0.717) is 57.0 Å². The molecule has 0 aromatic heterocycles. The Hall–Kier alpha value is -2.07. The number of anilines is 1. The van der Waals surface area contributed by atoms with Gasteiger partial charge in [-0.15, -0.1) is 23.2 Å². The number of carbonyl (C=O) groups excluding carboxylic acids is 2. The van der Waals surface area contributed by atoms with Gasteiger partial charge in [-0.25, -0.2) is 0 Å². The Bertz CT molecular complexity index is 1340. The number of aliphatic carboxylic acids is 1. The summed E-state index contributed by atoms with van der Waals surface area (Å²) < 4.78 is 6.07. The van der Waals surface area contributed by atoms with Gasteiger partial charge in [0.1, 0.15) is 12.6 Å². The SMILES string of the molecule is C[C@H](CCC(=O)NCC(=O)O)[C@H]1CC[C@H]2[C@@H]3[C@H](O)CC4C[C@H](OC(=O)CCc5cccc(N(CCCl)CCCl)c5)CC[C@]4(C)[C@H]3C[C@H](O)[C@]12C. The predicted molar refractivity (Wildman–Crippen MR) is 195 cm³/mol. The first-order valence-corrected chi connectivity index (χ1v) is 19.9. The van der Waals surface area contributed by atoms with Crippen LogP contribution in [0.5, 0.6) is 0 Å². The maximum absolute atomic E-state index is 13.1. The minimum absolute atomic E-state index is 0.0422. The maximum Gasteiger partial charge on any atom is 0.322 e. The number of alkyl halides is 2. The molecule has 1 unspecified atom stereocenters. The van der Waals surface area contributed by atoms with Crippen LogP contribution in [0.3, 0.4) is 0 Å². The molecule has 0 aliphatic heterocycles. The van der Waals surface area contributed by atoms with E-state index in [-0.39, 0.29) is 77.3 Å². The summed E-state index contributed by atoms with van der Waals surface area (Å²) in [6.07, 6.45) is 6.34. The number of rotatable bonds is 15. The number of amides is 1. The average Bonchev–Trinajstić information content (AvgIpc) is 3.44. The molecule has 11 atom stereocenters. The number of benzene rings is 1. The highest BCUT2D eigenvalue weighted by Crippen LogP contribution is 2.68. The Labute approximate surface area is 307 Å². The second-order valence-electron chi connectivity index (χ2n) is 16.2. The third-order valence-corrected chi connectivity index (χ3v) is 14.0. The molecule has 50 heavy (non-hydrogen) atoms. The normalized spacial score (nSPS) is 35.3. The summed E-state index contributed by atoms with van der Waals surface area (Å²) in [5.74, 6) is 0.643. The van der Waals surface area contributed by atoms with Gasteiger partial charge in [0.15, 0.2) is 0 Å². The average molecular weight is 738 g/mol. The van der Waals surface area contributed by atoms with Crippen LogP contribution in [0.4, 0.5) is 5.69 Å². The van der Waals surface area contributed by atoms with E-state index >= 15 is 0 Å². The molecular weight excluding hydrogens is 679 g/mol. The molecule has 4 N–H and O–H groups in total. The highest BCUT2D eigenvalue weighted by Gasteiger charge is 2.65. The fourth-order valence-electron chi connectivity index (χ4n) is 11.0. The molecule has 1 aromatic carbocycles. The molecule has 280 valence electrons. The van der Waals surface area contributed by atoms with E-state index in [1.165, 1.54) is 0 Å². The van der Waals surface area contributed by atoms with E-state index in [9.17, 15) is 24.6 Å². The number of hydrogen-bond donors (Lipinski definition) is 4. The lowest BCUT2D eigenvalue weighted by atomic mass is 9.43. The Morgan fingerprint density at radius 2 is 1.76 bits per heavy atom. The first-order chi connectivity index (χ1) is 23.8. The number of ether oxygens (including phenoxy) is 1. The third-order valence-electron chi connectivity index (χ3n) is 13.7. The van der Waals surface area contributed by atoms with Crippen molar-refractivity contribution in [3.8, 4) is 0 Å². The van der Waals surface area contributed by atoms with Crippen molar-refractivity contribution in [2.75, 3.05) is 36.3 Å². The fourth-order valence-corrected chi connectivity index (χ4v) is 11.4. The molecular formula is C39H58Cl2N2O7. The first kappa shape index (κ1) is 39.1. The number of aliphatic hydroxyl groups excluding tert-OH is 2. The van der Waals surface area contributed by atoms with Crippen molar-refractivity contribution in [2.45, 2.75) is 110 Å². The number of nitrogens with zero attached hydrogens (tertiary/aromatic N) is 1. The van der Waals surface area contributed by atoms with Crippen LogP contribution in [-0.2, 0) is 25.5 Å². The molecule has 1 aromatic rings. The van der Waals surface area contributed by atoms with Crippen LogP contribution < -0.4 is 10.2 Å². The van der Waals surface area contributed by atoms with Crippen molar-refractivity contribution in [3.05, 3.63) is 29.8 Å². The lowest BCUT2D eigenvalue weighted by Gasteiger charge is -2.63. The standard InChI is InChI=1S/C39H58Cl2N2O7/c1-24(7-11-34(46)42-23-35(47)48)29-9-10-30-37-31(22-33(45)39(29,30)3)38(2)14-13-28(20-26(38)21-32(37)44)50-36(49)12-8-25-5-4-6-27(19-25)43(17-15-40)18-16-41/h4-6,19,24,26,28-33,37,44-45H,7-18,20-23H2,1-3H3,(H,42,46)(H,47,48)/t24-,26?,28-,29-,30+,31+,32-,33+,37+,38+,39-/m1/s1. The number of fused-ring (bicyclic) bond motifs is 5. The highest BCUT2D eigenvalue weighted by atomic mass is 35.5. The van der Waals surface area contributed by atoms with Gasteiger partial charge in [0.05, 0.1) is 12.2 Å². The van der Waals surface area contributed by atoms with Crippen molar-refractivity contribution in [3.63, 3.8) is 0 Å². The molecule has 0 saturated heterocycles. The van der Waals surface area contributed by atoms with E-state index in [1.807, 2.05) is 18.2 Å². The Morgan fingerprint density at radius 1 is 1.02 bits per heavy atom. The topological polar surface area (TPSA) is 136 Å². The van der Waals surface area contributed by atoms with Crippen LogP contribution in [-0.4, -0.2) is 82.9 Å². The number of hydrogen-bond acceptors (Lipinski definition) is 7. The molecule has 9 nitrogen and oxygen atoms in total. The van der Waals surface area contributed by atoms with Gasteiger partial charge >= 0.3 is 11.9 Å². The van der Waals surface area contributed by atoms with Crippen LogP contribution >= 0.6 is 23.2 Å². The van der Waals surface area contributed by atoms with Crippen LogP contribution in [0.25, 0.3) is 0 Å². The van der Waals surface area contributed by atoms with Crippen molar-refractivity contribution in [1.29, 1.82) is 0 Å². The van der Waals surface area contributed by atoms with Gasteiger partial charge < -0.3 is 30.3 Å². The zero-order valence-electron chi connectivity index (χ0n) is 30.0. The lowest BCUT2D eigenvalue weighted by molar-refractivity contribution is -0.209. The molecule has 1 amide bonds. The van der Waals surface area contributed by atoms with Crippen LogP contribution in [0.15, 0.2) is 24.3 Å². The molecule has 4 aliphatic carbocycles. The minimum atomic E-state index is -1.06. The quantitative estimate of drug-likeness (QED) is 0.127. The predicted octanol–water partition coefficient (Wildman–Crippen LogP) is 6.03. The zero-order chi connectivity index (χ0) is 36.2. The van der Waals surface area contributed by atoms with E-state index in [2.05, 4.69) is 37.1 Å². The minimum Gasteiger partial charge on any atom is -0.480 e. The summed E-state index contributed by atoms with van der Waals surface area (Å²) >= 11 is 12.0. The van der Waals surface area contributed by atoms with Gasteiger partial charge in [-0.3, -0.25) is 14.4 Å². The summed E-state index contributed by atoms with van der Waals surface area (Å²) in [4.78, 5) is 38.3. The maximum atomic E-state index is 13.1. The van der Waals surface area contributed by atoms with Gasteiger partial charge in [0, 0.05) is 43.4 Å². The molecule has 11 heteroatoms. The summed E-state index contributed by atoms with van der Waals surface area (Å²) in [7, 11) is 0. The van der Waals surface area contributed by atoms with Crippen LogP contribution in [0.1, 0.15) is 90.5 Å². The summed E-state index contributed by atoms with van der Waals surface area (Å²) in [6, 6.07) is 8.16. The Morgan fingerprint density at radius 3 is 2.46 bits per heavy atom. The number of aryl methyl sites for hydroxylation is 1. The number of carbonyl (C=O) groups is 3. The van der Waals surface area contributed by atoms with Gasteiger partial charge in [0.2, 0.25) is 5.91 Å². The molecule has 5 rings (SSSR count). The van der Waals surface area contributed by atoms with Crippen molar-refractivity contribution >= 4 is 46.7 Å². The highest BCUT2D eigenvalue weighted by molar-refractivity contribution is 6.18. The van der Waals surface area contributed by atoms with Gasteiger partial charge in [-0.05, 0) is 122 Å². The summed E-state index contributed by atoms with van der Waals surface area (Å²) in [5.41, 5.74) is 1.73. The van der Waals surface area contributed by atoms with Crippen LogP contribution in [0, 0.1) is 46.3 Å². The Balaban J connectivity index is 1.17. The smallest absolute Gasteiger partial charge is 0.322 e. The number of aliphatic hydroxyl groups is 2. The molecule has 4 saturated carbocycles. The molecule has 0 spiro atoms. The second-order valence-corrected chi connectivity index (χ2v) is 17.0. The van der Waals surface area contributed by atoms with Gasteiger partial charge in [-0.1, -0.05) is 32.9 Å². The van der Waals surface area contributed by atoms with Crippen molar-refractivity contribution < 1.29 is 34.4 Å². The second kappa shape index (κ2) is 16.7. The van der Waals surface area contributed by atoms with Crippen LogP contribution in [0.2, 0.25) is 0 Å². The van der Waals surface area contributed by atoms with E-state index in [4.69, 9.17) is 33.0 Å². The van der Waals surface area contributed by atoms with Crippen molar-refractivity contribution in [1.82, 2.24) is 5.32 Å². The van der Waals surface area contributed by atoms with E-state index in [0.717, 1.165) is 43.4 Å². The number of esters is 1. The molecule has 0 radical (unpaired) electrons. The summed E-state index contributed by atoms with van der Waals surface area (Å²) in [5, 5.41) is 35.1. The van der Waals surface area contributed by atoms with E-state index < -0.39 is 18.2 Å². The lowest BCUT2D eigenvalue weighted by Crippen LogP contribution is -2.62. The molecule has 0 bridgehead atoms. The number of carboxylic acids is 1. The number of carboxylic acid groups (broad SMARTS) is 1. The molecule has 4 aliphatic rings. The summed E-state index contributed by atoms with van der Waals surface area (Å²) in [6.45, 7) is 7.74. The van der Waals surface area contributed by atoms with E-state index in [1.54, 1.807) is 0 Å².